The summed E-state index contributed by atoms with van der Waals surface area (Å²) < 4.78 is 4.08. The number of anilines is 1. The molecule has 1 aliphatic rings. The van der Waals surface area contributed by atoms with Crippen molar-refractivity contribution in [1.82, 2.24) is 0 Å². The average molecular weight is 358 g/mol. The van der Waals surface area contributed by atoms with Gasteiger partial charge in [0.15, 0.2) is 6.10 Å². The fourth-order valence-corrected chi connectivity index (χ4v) is 2.85. The van der Waals surface area contributed by atoms with E-state index in [1.165, 1.54) is 12.5 Å². The lowest BCUT2D eigenvalue weighted by molar-refractivity contribution is -0.158. The molecule has 0 bridgehead atoms. The summed E-state index contributed by atoms with van der Waals surface area (Å²) in [6.45, 7) is 7.35. The molecule has 1 saturated carbocycles. The molecular weight excluding hydrogens is 337 g/mol. The van der Waals surface area contributed by atoms with Crippen molar-refractivity contribution in [1.29, 1.82) is 0 Å². The van der Waals surface area contributed by atoms with Gasteiger partial charge in [-0.2, -0.15) is 0 Å². The Morgan fingerprint density at radius 2 is 1.70 bits per heavy atom. The Kier molecular flexibility index (Phi) is 4.97. The van der Waals surface area contributed by atoms with Crippen molar-refractivity contribution >= 4 is 40.8 Å². The van der Waals surface area contributed by atoms with Crippen LogP contribution in [-0.4, -0.2) is 22.3 Å². The highest BCUT2D eigenvalue weighted by Crippen LogP contribution is 2.64. The summed E-state index contributed by atoms with van der Waals surface area (Å²) in [5.41, 5.74) is 0.900. The van der Waals surface area contributed by atoms with Gasteiger partial charge in [-0.3, -0.25) is 9.59 Å². The van der Waals surface area contributed by atoms with Gasteiger partial charge in [-0.05, 0) is 37.5 Å². The van der Waals surface area contributed by atoms with Gasteiger partial charge in [-0.15, -0.1) is 23.2 Å². The molecule has 0 radical (unpaired) electrons. The highest BCUT2D eigenvalue weighted by Gasteiger charge is 2.69. The third kappa shape index (κ3) is 3.81. The molecule has 0 unspecified atom stereocenters. The highest BCUT2D eigenvalue weighted by atomic mass is 35.5. The van der Waals surface area contributed by atoms with E-state index < -0.39 is 27.7 Å². The maximum absolute atomic E-state index is 12.1. The molecule has 0 aliphatic heterocycles. The molecule has 23 heavy (non-hydrogen) atoms. The van der Waals surface area contributed by atoms with Crippen molar-refractivity contribution in [3.8, 4) is 0 Å². The lowest BCUT2D eigenvalue weighted by atomic mass is 10.0. The van der Waals surface area contributed by atoms with Gasteiger partial charge < -0.3 is 10.1 Å². The van der Waals surface area contributed by atoms with Crippen LogP contribution in [0.25, 0.3) is 0 Å². The molecule has 1 amide bonds. The van der Waals surface area contributed by atoms with Gasteiger partial charge in [0.25, 0.3) is 5.91 Å². The number of carbonyl (C=O) groups excluding carboxylic acids is 2. The molecule has 126 valence electrons. The molecule has 0 aromatic heterocycles. The van der Waals surface area contributed by atoms with Crippen LogP contribution in [0.15, 0.2) is 24.3 Å². The van der Waals surface area contributed by atoms with E-state index in [-0.39, 0.29) is 0 Å². The van der Waals surface area contributed by atoms with E-state index in [4.69, 9.17) is 27.9 Å². The van der Waals surface area contributed by atoms with Crippen LogP contribution in [0.2, 0.25) is 0 Å². The van der Waals surface area contributed by atoms with Crippen molar-refractivity contribution in [3.63, 3.8) is 0 Å². The average Bonchev–Trinajstić information content (AvgIpc) is 2.99. The van der Waals surface area contributed by atoms with E-state index in [2.05, 4.69) is 19.2 Å². The molecule has 4 nitrogen and oxygen atoms in total. The van der Waals surface area contributed by atoms with Crippen LogP contribution in [0.5, 0.6) is 0 Å². The molecule has 0 spiro atoms. The first-order chi connectivity index (χ1) is 10.6. The van der Waals surface area contributed by atoms with E-state index >= 15 is 0 Å². The minimum Gasteiger partial charge on any atom is -0.452 e. The first-order valence-corrected chi connectivity index (χ1v) is 8.32. The Hall–Kier alpha value is -1.26. The fraction of sp³-hybridized carbons (Fsp3) is 0.529. The second-order valence-corrected chi connectivity index (χ2v) is 8.01. The van der Waals surface area contributed by atoms with E-state index in [0.717, 1.165) is 0 Å². The number of carbonyl (C=O) groups is 2. The zero-order valence-electron chi connectivity index (χ0n) is 13.7. The number of amides is 1. The van der Waals surface area contributed by atoms with Gasteiger partial charge in [0.05, 0.1) is 0 Å². The lowest BCUT2D eigenvalue weighted by Crippen LogP contribution is -2.33. The molecule has 2 atom stereocenters. The molecule has 1 aliphatic carbocycles. The van der Waals surface area contributed by atoms with Crippen LogP contribution in [0.1, 0.15) is 45.6 Å². The molecule has 6 heteroatoms. The number of halogens is 2. The topological polar surface area (TPSA) is 55.4 Å². The number of ether oxygens (including phenoxy) is 1. The lowest BCUT2D eigenvalue weighted by Gasteiger charge is -2.17. The fourth-order valence-electron chi connectivity index (χ4n) is 2.16. The Balaban J connectivity index is 1.91. The number of nitrogens with one attached hydrogen (secondary N) is 1. The molecule has 2 rings (SSSR count). The minimum atomic E-state index is -1.10. The third-order valence-electron chi connectivity index (χ3n) is 4.21. The normalized spacial score (nSPS) is 23.3. The van der Waals surface area contributed by atoms with Crippen molar-refractivity contribution in [2.45, 2.75) is 50.5 Å². The van der Waals surface area contributed by atoms with Gasteiger partial charge in [0.2, 0.25) is 0 Å². The smallest absolute Gasteiger partial charge is 0.315 e. The van der Waals surface area contributed by atoms with Crippen LogP contribution in [0.3, 0.4) is 0 Å². The first kappa shape index (κ1) is 18.1. The molecule has 1 fully saturated rings. The molecule has 0 saturated heterocycles. The number of benzene rings is 1. The third-order valence-corrected chi connectivity index (χ3v) is 5.31. The minimum absolute atomic E-state index is 0.326. The predicted molar refractivity (Wildman–Crippen MR) is 91.9 cm³/mol. The highest BCUT2D eigenvalue weighted by molar-refractivity contribution is 6.53. The van der Waals surface area contributed by atoms with Crippen LogP contribution in [-0.2, 0) is 14.3 Å². The summed E-state index contributed by atoms with van der Waals surface area (Å²) in [4.78, 5) is 24.2. The van der Waals surface area contributed by atoms with Crippen molar-refractivity contribution in [2.24, 2.45) is 5.41 Å². The van der Waals surface area contributed by atoms with Gasteiger partial charge in [-0.25, -0.2) is 0 Å². The molecular formula is C17H21Cl2NO3. The SMILES string of the molecule is CC(C)c1ccc(NC(=O)[C@H](C)OC(=O)[C@]2(C)CC2(Cl)Cl)cc1. The van der Waals surface area contributed by atoms with Crippen LogP contribution >= 0.6 is 23.2 Å². The summed E-state index contributed by atoms with van der Waals surface area (Å²) in [6, 6.07) is 7.56. The quantitative estimate of drug-likeness (QED) is 0.632. The summed E-state index contributed by atoms with van der Waals surface area (Å²) in [7, 11) is 0. The van der Waals surface area contributed by atoms with Gasteiger partial charge in [-0.1, -0.05) is 26.0 Å². The summed E-state index contributed by atoms with van der Waals surface area (Å²) >= 11 is 11.9. The maximum Gasteiger partial charge on any atom is 0.315 e. The number of hydrogen-bond acceptors (Lipinski definition) is 3. The first-order valence-electron chi connectivity index (χ1n) is 7.56. The Morgan fingerprint density at radius 3 is 2.13 bits per heavy atom. The Bertz CT molecular complexity index is 613. The van der Waals surface area contributed by atoms with Crippen LogP contribution < -0.4 is 5.32 Å². The van der Waals surface area contributed by atoms with Crippen LogP contribution in [0.4, 0.5) is 5.69 Å². The zero-order valence-corrected chi connectivity index (χ0v) is 15.2. The van der Waals surface area contributed by atoms with E-state index in [0.29, 0.717) is 18.0 Å². The van der Waals surface area contributed by atoms with E-state index in [1.54, 1.807) is 6.92 Å². The molecule has 1 aromatic rings. The van der Waals surface area contributed by atoms with Crippen LogP contribution in [0, 0.1) is 5.41 Å². The summed E-state index contributed by atoms with van der Waals surface area (Å²) in [6.07, 6.45) is -0.596. The Labute approximate surface area is 146 Å². The number of alkyl halides is 2. The second kappa shape index (κ2) is 6.33. The maximum atomic E-state index is 12.1. The summed E-state index contributed by atoms with van der Waals surface area (Å²) in [5.74, 6) is -0.528. The number of hydrogen-bond donors (Lipinski definition) is 1. The largest absolute Gasteiger partial charge is 0.452 e. The molecule has 1 aromatic carbocycles. The van der Waals surface area contributed by atoms with E-state index in [1.807, 2.05) is 24.3 Å². The van der Waals surface area contributed by atoms with Crippen molar-refractivity contribution in [2.75, 3.05) is 5.32 Å². The number of esters is 1. The predicted octanol–water partition coefficient (Wildman–Crippen LogP) is 4.26. The van der Waals surface area contributed by atoms with E-state index in [9.17, 15) is 9.59 Å². The number of rotatable bonds is 5. The van der Waals surface area contributed by atoms with Crippen molar-refractivity contribution in [3.05, 3.63) is 29.8 Å². The second-order valence-electron chi connectivity index (χ2n) is 6.53. The summed E-state index contributed by atoms with van der Waals surface area (Å²) in [5, 5.41) is 2.72. The van der Waals surface area contributed by atoms with Crippen molar-refractivity contribution < 1.29 is 14.3 Å². The monoisotopic (exact) mass is 357 g/mol. The van der Waals surface area contributed by atoms with Gasteiger partial charge in [0.1, 0.15) is 9.75 Å². The van der Waals surface area contributed by atoms with Gasteiger partial charge in [0, 0.05) is 12.1 Å². The standard InChI is InChI=1S/C17H21Cl2NO3/c1-10(2)12-5-7-13(8-6-12)20-14(21)11(3)23-15(22)16(4)9-17(16,18)19/h5-8,10-11H,9H2,1-4H3,(H,20,21)/t11-,16-/m0/s1. The molecule has 0 heterocycles. The zero-order chi connectivity index (χ0) is 17.4. The van der Waals surface area contributed by atoms with Gasteiger partial charge >= 0.3 is 5.97 Å². The Morgan fingerprint density at radius 1 is 1.17 bits per heavy atom. The molecule has 1 N–H and O–H groups in total.